The van der Waals surface area contributed by atoms with Crippen LogP contribution < -0.4 is 4.72 Å². The highest BCUT2D eigenvalue weighted by Gasteiger charge is 2.19. The standard InChI is InChI=1S/C17H18N2O4S/c1-12-6-8-15(19(20)21)11-17(12)18-24(22,23)16-9-7-13-4-2-3-5-14(13)10-16/h6-11,18H,2-5H2,1H3. The van der Waals surface area contributed by atoms with Gasteiger partial charge < -0.3 is 0 Å². The molecule has 0 amide bonds. The lowest BCUT2D eigenvalue weighted by atomic mass is 9.92. The van der Waals surface area contributed by atoms with Crippen molar-refractivity contribution >= 4 is 21.4 Å². The Labute approximate surface area is 140 Å². The first-order valence-corrected chi connectivity index (χ1v) is 9.25. The summed E-state index contributed by atoms with van der Waals surface area (Å²) in [6.45, 7) is 1.70. The van der Waals surface area contributed by atoms with Crippen molar-refractivity contribution < 1.29 is 13.3 Å². The topological polar surface area (TPSA) is 89.3 Å². The summed E-state index contributed by atoms with van der Waals surface area (Å²) in [4.78, 5) is 10.5. The zero-order chi connectivity index (χ0) is 17.3. The van der Waals surface area contributed by atoms with Crippen LogP contribution in [-0.4, -0.2) is 13.3 Å². The Hall–Kier alpha value is -2.41. The van der Waals surface area contributed by atoms with Gasteiger partial charge in [-0.2, -0.15) is 0 Å². The second-order valence-electron chi connectivity index (χ2n) is 6.00. The highest BCUT2D eigenvalue weighted by molar-refractivity contribution is 7.92. The van der Waals surface area contributed by atoms with Gasteiger partial charge in [0.2, 0.25) is 0 Å². The number of non-ortho nitro benzene ring substituents is 1. The predicted octanol–water partition coefficient (Wildman–Crippen LogP) is 3.58. The van der Waals surface area contributed by atoms with Crippen LogP contribution in [0.5, 0.6) is 0 Å². The summed E-state index contributed by atoms with van der Waals surface area (Å²) >= 11 is 0. The van der Waals surface area contributed by atoms with E-state index in [0.717, 1.165) is 31.2 Å². The number of hydrogen-bond donors (Lipinski definition) is 1. The molecule has 1 aliphatic carbocycles. The van der Waals surface area contributed by atoms with Gasteiger partial charge in [-0.3, -0.25) is 14.8 Å². The Morgan fingerprint density at radius 3 is 2.46 bits per heavy atom. The summed E-state index contributed by atoms with van der Waals surface area (Å²) < 4.78 is 27.8. The summed E-state index contributed by atoms with van der Waals surface area (Å²) in [5.41, 5.74) is 2.97. The monoisotopic (exact) mass is 346 g/mol. The smallest absolute Gasteiger partial charge is 0.271 e. The minimum absolute atomic E-state index is 0.149. The number of nitrogens with one attached hydrogen (secondary N) is 1. The van der Waals surface area contributed by atoms with Gasteiger partial charge in [0, 0.05) is 12.1 Å². The molecule has 0 unspecified atom stereocenters. The van der Waals surface area contributed by atoms with Crippen molar-refractivity contribution in [2.45, 2.75) is 37.5 Å². The van der Waals surface area contributed by atoms with E-state index in [-0.39, 0.29) is 16.3 Å². The molecule has 0 aromatic heterocycles. The SMILES string of the molecule is Cc1ccc([N+](=O)[O-])cc1NS(=O)(=O)c1ccc2c(c1)CCCC2. The summed E-state index contributed by atoms with van der Waals surface area (Å²) in [5.74, 6) is 0. The molecule has 1 N–H and O–H groups in total. The third-order valence-electron chi connectivity index (χ3n) is 4.31. The van der Waals surface area contributed by atoms with E-state index in [9.17, 15) is 18.5 Å². The van der Waals surface area contributed by atoms with Crippen molar-refractivity contribution in [3.63, 3.8) is 0 Å². The molecule has 0 saturated heterocycles. The molecule has 0 aliphatic heterocycles. The first kappa shape index (κ1) is 16.4. The van der Waals surface area contributed by atoms with Crippen molar-refractivity contribution in [3.8, 4) is 0 Å². The van der Waals surface area contributed by atoms with Gasteiger partial charge in [0.1, 0.15) is 0 Å². The van der Waals surface area contributed by atoms with Crippen LogP contribution >= 0.6 is 0 Å². The van der Waals surface area contributed by atoms with Crippen molar-refractivity contribution in [2.75, 3.05) is 4.72 Å². The number of nitro benzene ring substituents is 1. The van der Waals surface area contributed by atoms with E-state index in [1.807, 2.05) is 6.07 Å². The highest BCUT2D eigenvalue weighted by Crippen LogP contribution is 2.27. The van der Waals surface area contributed by atoms with Crippen molar-refractivity contribution in [1.82, 2.24) is 0 Å². The fourth-order valence-electron chi connectivity index (χ4n) is 2.91. The van der Waals surface area contributed by atoms with E-state index in [1.165, 1.54) is 23.8 Å². The fraction of sp³-hybridized carbons (Fsp3) is 0.294. The number of fused-ring (bicyclic) bond motifs is 1. The molecule has 7 heteroatoms. The largest absolute Gasteiger partial charge is 0.279 e. The first-order valence-electron chi connectivity index (χ1n) is 7.76. The van der Waals surface area contributed by atoms with Gasteiger partial charge in [-0.1, -0.05) is 12.1 Å². The molecule has 0 spiro atoms. The van der Waals surface area contributed by atoms with E-state index in [4.69, 9.17) is 0 Å². The van der Waals surface area contributed by atoms with Gasteiger partial charge >= 0.3 is 0 Å². The predicted molar refractivity (Wildman–Crippen MR) is 91.7 cm³/mol. The fourth-order valence-corrected chi connectivity index (χ4v) is 4.09. The Bertz CT molecular complexity index is 907. The lowest BCUT2D eigenvalue weighted by Gasteiger charge is -2.17. The van der Waals surface area contributed by atoms with E-state index >= 15 is 0 Å². The van der Waals surface area contributed by atoms with Gasteiger partial charge in [0.05, 0.1) is 15.5 Å². The molecule has 0 fully saturated rings. The number of aryl methyl sites for hydroxylation is 3. The molecule has 0 saturated carbocycles. The number of benzene rings is 2. The molecule has 2 aromatic rings. The molecule has 0 heterocycles. The molecular formula is C17H18N2O4S. The van der Waals surface area contributed by atoms with Gasteiger partial charge in [0.15, 0.2) is 0 Å². The lowest BCUT2D eigenvalue weighted by Crippen LogP contribution is -2.15. The van der Waals surface area contributed by atoms with Gasteiger partial charge in [-0.05, 0) is 61.4 Å². The summed E-state index contributed by atoms with van der Waals surface area (Å²) in [7, 11) is -3.78. The number of rotatable bonds is 4. The second-order valence-corrected chi connectivity index (χ2v) is 7.68. The molecule has 6 nitrogen and oxygen atoms in total. The van der Waals surface area contributed by atoms with Crippen molar-refractivity contribution in [1.29, 1.82) is 0 Å². The molecule has 24 heavy (non-hydrogen) atoms. The first-order chi connectivity index (χ1) is 11.4. The van der Waals surface area contributed by atoms with Crippen LogP contribution in [-0.2, 0) is 22.9 Å². The van der Waals surface area contributed by atoms with Crippen LogP contribution in [0.15, 0.2) is 41.3 Å². The van der Waals surface area contributed by atoms with Crippen LogP contribution in [0.25, 0.3) is 0 Å². The maximum absolute atomic E-state index is 12.6. The van der Waals surface area contributed by atoms with Crippen LogP contribution in [0.4, 0.5) is 11.4 Å². The molecule has 0 radical (unpaired) electrons. The number of nitro groups is 1. The van der Waals surface area contributed by atoms with Gasteiger partial charge in [-0.15, -0.1) is 0 Å². The average Bonchev–Trinajstić information content (AvgIpc) is 2.56. The Morgan fingerprint density at radius 1 is 1.04 bits per heavy atom. The van der Waals surface area contributed by atoms with Crippen LogP contribution in [0.3, 0.4) is 0 Å². The maximum Gasteiger partial charge on any atom is 0.271 e. The molecule has 126 valence electrons. The van der Waals surface area contributed by atoms with Crippen LogP contribution in [0.1, 0.15) is 29.5 Å². The van der Waals surface area contributed by atoms with Crippen LogP contribution in [0, 0.1) is 17.0 Å². The van der Waals surface area contributed by atoms with Gasteiger partial charge in [-0.25, -0.2) is 8.42 Å². The zero-order valence-electron chi connectivity index (χ0n) is 13.3. The number of anilines is 1. The molecule has 0 bridgehead atoms. The number of hydrogen-bond acceptors (Lipinski definition) is 4. The maximum atomic E-state index is 12.6. The Morgan fingerprint density at radius 2 is 1.75 bits per heavy atom. The van der Waals surface area contributed by atoms with Crippen LogP contribution in [0.2, 0.25) is 0 Å². The van der Waals surface area contributed by atoms with Crippen molar-refractivity contribution in [2.24, 2.45) is 0 Å². The van der Waals surface area contributed by atoms with E-state index in [2.05, 4.69) is 4.72 Å². The van der Waals surface area contributed by atoms with E-state index in [0.29, 0.717) is 5.56 Å². The quantitative estimate of drug-likeness (QED) is 0.677. The molecule has 1 aliphatic rings. The van der Waals surface area contributed by atoms with E-state index in [1.54, 1.807) is 19.1 Å². The minimum atomic E-state index is -3.78. The molecule has 0 atom stereocenters. The minimum Gasteiger partial charge on any atom is -0.279 e. The third-order valence-corrected chi connectivity index (χ3v) is 5.67. The molecular weight excluding hydrogens is 328 g/mol. The van der Waals surface area contributed by atoms with Gasteiger partial charge in [0.25, 0.3) is 15.7 Å². The van der Waals surface area contributed by atoms with Crippen molar-refractivity contribution in [3.05, 3.63) is 63.2 Å². The van der Waals surface area contributed by atoms with E-state index < -0.39 is 14.9 Å². The highest BCUT2D eigenvalue weighted by atomic mass is 32.2. The summed E-state index contributed by atoms with van der Waals surface area (Å²) in [6.07, 6.45) is 4.06. The second kappa shape index (κ2) is 6.24. The number of nitrogens with zero attached hydrogens (tertiary/aromatic N) is 1. The average molecular weight is 346 g/mol. The summed E-state index contributed by atoms with van der Waals surface area (Å²) in [5, 5.41) is 10.9. The molecule has 3 rings (SSSR count). The normalized spacial score (nSPS) is 14.0. The number of sulfonamides is 1. The Balaban J connectivity index is 1.94. The third kappa shape index (κ3) is 3.26. The summed E-state index contributed by atoms with van der Waals surface area (Å²) in [6, 6.07) is 9.30. The zero-order valence-corrected chi connectivity index (χ0v) is 14.1. The lowest BCUT2D eigenvalue weighted by molar-refractivity contribution is -0.384. The Kier molecular flexibility index (Phi) is 4.28. The molecule has 2 aromatic carbocycles.